The fourth-order valence-electron chi connectivity index (χ4n) is 3.68. The molecule has 27 heavy (non-hydrogen) atoms. The summed E-state index contributed by atoms with van der Waals surface area (Å²) >= 11 is 0. The first-order valence-corrected chi connectivity index (χ1v) is 8.96. The molecular formula is C21H21FN2O3. The number of carbonyl (C=O) groups is 1. The van der Waals surface area contributed by atoms with Gasteiger partial charge in [-0.15, -0.1) is 0 Å². The number of benzene rings is 2. The number of nitrogens with one attached hydrogen (secondary N) is 1. The number of para-hydroxylation sites is 1. The first kappa shape index (κ1) is 17.5. The first-order valence-electron chi connectivity index (χ1n) is 8.96. The molecule has 0 spiro atoms. The van der Waals surface area contributed by atoms with Crippen molar-refractivity contribution < 1.29 is 18.3 Å². The quantitative estimate of drug-likeness (QED) is 0.768. The first-order chi connectivity index (χ1) is 13.2. The third-order valence-electron chi connectivity index (χ3n) is 5.02. The molecule has 2 aromatic carbocycles. The topological polar surface area (TPSA) is 54.7 Å². The van der Waals surface area contributed by atoms with Crippen LogP contribution in [0.3, 0.4) is 0 Å². The smallest absolute Gasteiger partial charge is 0.227 e. The number of nitrogens with zero attached hydrogens (tertiary/aromatic N) is 1. The maximum Gasteiger partial charge on any atom is 0.227 e. The van der Waals surface area contributed by atoms with Crippen LogP contribution >= 0.6 is 0 Å². The summed E-state index contributed by atoms with van der Waals surface area (Å²) in [7, 11) is 1.64. The van der Waals surface area contributed by atoms with Gasteiger partial charge in [-0.3, -0.25) is 4.79 Å². The van der Waals surface area contributed by atoms with E-state index in [4.69, 9.17) is 9.15 Å². The van der Waals surface area contributed by atoms with Crippen molar-refractivity contribution in [3.63, 3.8) is 0 Å². The lowest BCUT2D eigenvalue weighted by atomic mass is 10.0. The molecule has 1 atom stereocenters. The summed E-state index contributed by atoms with van der Waals surface area (Å²) in [4.78, 5) is 15.0. The standard InChI is InChI=1S/C21H21FN2O3/c1-26-19-5-3-2-4-17(19)18-12-23-8-9-24(18)21(25)10-14-13-27-20-11-15(22)6-7-16(14)20/h2-7,11,13,18,23H,8-10,12H2,1H3. The average molecular weight is 368 g/mol. The van der Waals surface area contributed by atoms with E-state index in [-0.39, 0.29) is 24.2 Å². The molecule has 1 unspecified atom stereocenters. The molecular weight excluding hydrogens is 347 g/mol. The summed E-state index contributed by atoms with van der Waals surface area (Å²) in [5.74, 6) is 0.431. The summed E-state index contributed by atoms with van der Waals surface area (Å²) < 4.78 is 24.3. The van der Waals surface area contributed by atoms with E-state index < -0.39 is 0 Å². The maximum atomic E-state index is 13.4. The highest BCUT2D eigenvalue weighted by atomic mass is 19.1. The molecule has 0 bridgehead atoms. The van der Waals surface area contributed by atoms with Crippen LogP contribution < -0.4 is 10.1 Å². The summed E-state index contributed by atoms with van der Waals surface area (Å²) in [6.07, 6.45) is 1.76. The number of piperazine rings is 1. The van der Waals surface area contributed by atoms with Crippen molar-refractivity contribution in [3.8, 4) is 5.75 Å². The molecule has 1 amide bonds. The second-order valence-electron chi connectivity index (χ2n) is 6.63. The lowest BCUT2D eigenvalue weighted by Crippen LogP contribution is -2.49. The predicted octanol–water partition coefficient (Wildman–Crippen LogP) is 3.30. The molecule has 4 rings (SSSR count). The highest BCUT2D eigenvalue weighted by Crippen LogP contribution is 2.31. The molecule has 1 aromatic heterocycles. The van der Waals surface area contributed by atoms with Gasteiger partial charge in [-0.1, -0.05) is 18.2 Å². The van der Waals surface area contributed by atoms with E-state index in [2.05, 4.69) is 5.32 Å². The van der Waals surface area contributed by atoms with Crippen LogP contribution in [0.1, 0.15) is 17.2 Å². The van der Waals surface area contributed by atoms with Gasteiger partial charge in [-0.25, -0.2) is 4.39 Å². The Labute approximate surface area is 156 Å². The van der Waals surface area contributed by atoms with E-state index in [0.29, 0.717) is 18.7 Å². The normalized spacial score (nSPS) is 17.3. The van der Waals surface area contributed by atoms with E-state index in [1.165, 1.54) is 12.1 Å². The lowest BCUT2D eigenvalue weighted by Gasteiger charge is -2.37. The number of furan rings is 1. The number of methoxy groups -OCH3 is 1. The van der Waals surface area contributed by atoms with Gasteiger partial charge in [0.05, 0.1) is 25.8 Å². The zero-order chi connectivity index (χ0) is 18.8. The van der Waals surface area contributed by atoms with Gasteiger partial charge in [0, 0.05) is 42.2 Å². The van der Waals surface area contributed by atoms with Gasteiger partial charge in [0.15, 0.2) is 0 Å². The fraction of sp³-hybridized carbons (Fsp3) is 0.286. The Hall–Kier alpha value is -2.86. The monoisotopic (exact) mass is 368 g/mol. The minimum atomic E-state index is -0.354. The molecule has 2 heterocycles. The SMILES string of the molecule is COc1ccccc1C1CNCCN1C(=O)Cc1coc2cc(F)ccc12. The van der Waals surface area contributed by atoms with Gasteiger partial charge >= 0.3 is 0 Å². The molecule has 0 aliphatic carbocycles. The Morgan fingerprint density at radius 2 is 2.19 bits per heavy atom. The number of rotatable bonds is 4. The van der Waals surface area contributed by atoms with Crippen LogP contribution in [0.25, 0.3) is 11.0 Å². The number of halogens is 1. The minimum Gasteiger partial charge on any atom is -0.496 e. The highest BCUT2D eigenvalue weighted by Gasteiger charge is 2.30. The van der Waals surface area contributed by atoms with E-state index in [9.17, 15) is 9.18 Å². The summed E-state index contributed by atoms with van der Waals surface area (Å²) in [5, 5.41) is 4.13. The highest BCUT2D eigenvalue weighted by molar-refractivity contribution is 5.88. The minimum absolute atomic E-state index is 0.0134. The Morgan fingerprint density at radius 1 is 1.33 bits per heavy atom. The van der Waals surface area contributed by atoms with Crippen LogP contribution in [0.2, 0.25) is 0 Å². The fourth-order valence-corrected chi connectivity index (χ4v) is 3.68. The molecule has 1 fully saturated rings. The number of hydrogen-bond donors (Lipinski definition) is 1. The Morgan fingerprint density at radius 3 is 3.04 bits per heavy atom. The van der Waals surface area contributed by atoms with E-state index in [1.54, 1.807) is 19.4 Å². The van der Waals surface area contributed by atoms with Gasteiger partial charge in [-0.2, -0.15) is 0 Å². The number of ether oxygens (including phenoxy) is 1. The third kappa shape index (κ3) is 3.40. The van der Waals surface area contributed by atoms with Crippen LogP contribution in [-0.4, -0.2) is 37.6 Å². The average Bonchev–Trinajstić information content (AvgIpc) is 3.09. The molecule has 5 nitrogen and oxygen atoms in total. The second kappa shape index (κ2) is 7.40. The van der Waals surface area contributed by atoms with Crippen molar-refractivity contribution in [1.82, 2.24) is 10.2 Å². The molecule has 1 aliphatic rings. The molecule has 140 valence electrons. The van der Waals surface area contributed by atoms with Crippen LogP contribution in [0.5, 0.6) is 5.75 Å². The van der Waals surface area contributed by atoms with Crippen molar-refractivity contribution in [2.45, 2.75) is 12.5 Å². The summed E-state index contributed by atoms with van der Waals surface area (Å²) in [5.41, 5.74) is 2.21. The Kier molecular flexibility index (Phi) is 4.81. The number of carbonyl (C=O) groups excluding carboxylic acids is 1. The van der Waals surface area contributed by atoms with Crippen molar-refractivity contribution in [3.05, 3.63) is 65.7 Å². The predicted molar refractivity (Wildman–Crippen MR) is 100 cm³/mol. The van der Waals surface area contributed by atoms with Crippen molar-refractivity contribution in [2.24, 2.45) is 0 Å². The summed E-state index contributed by atoms with van der Waals surface area (Å²) in [6.45, 7) is 2.03. The maximum absolute atomic E-state index is 13.4. The molecule has 1 aliphatic heterocycles. The van der Waals surface area contributed by atoms with Crippen molar-refractivity contribution >= 4 is 16.9 Å². The molecule has 0 radical (unpaired) electrons. The van der Waals surface area contributed by atoms with Gasteiger partial charge in [-0.05, 0) is 18.2 Å². The number of hydrogen-bond acceptors (Lipinski definition) is 4. The second-order valence-corrected chi connectivity index (χ2v) is 6.63. The van der Waals surface area contributed by atoms with E-state index in [0.717, 1.165) is 28.8 Å². The molecule has 1 saturated heterocycles. The van der Waals surface area contributed by atoms with Gasteiger partial charge < -0.3 is 19.4 Å². The van der Waals surface area contributed by atoms with E-state index in [1.807, 2.05) is 29.2 Å². The summed E-state index contributed by atoms with van der Waals surface area (Å²) in [6, 6.07) is 12.1. The van der Waals surface area contributed by atoms with Crippen molar-refractivity contribution in [1.29, 1.82) is 0 Å². The number of fused-ring (bicyclic) bond motifs is 1. The van der Waals surface area contributed by atoms with Crippen LogP contribution in [0.4, 0.5) is 4.39 Å². The van der Waals surface area contributed by atoms with Crippen LogP contribution in [0, 0.1) is 5.82 Å². The molecule has 1 N–H and O–H groups in total. The zero-order valence-corrected chi connectivity index (χ0v) is 15.1. The zero-order valence-electron chi connectivity index (χ0n) is 15.1. The third-order valence-corrected chi connectivity index (χ3v) is 5.02. The van der Waals surface area contributed by atoms with Crippen LogP contribution in [-0.2, 0) is 11.2 Å². The van der Waals surface area contributed by atoms with Crippen molar-refractivity contribution in [2.75, 3.05) is 26.7 Å². The lowest BCUT2D eigenvalue weighted by molar-refractivity contribution is -0.133. The molecule has 3 aromatic rings. The number of amides is 1. The van der Waals surface area contributed by atoms with Crippen LogP contribution in [0.15, 0.2) is 53.1 Å². The van der Waals surface area contributed by atoms with Gasteiger partial charge in [0.1, 0.15) is 17.1 Å². The van der Waals surface area contributed by atoms with Gasteiger partial charge in [0.2, 0.25) is 5.91 Å². The molecule has 6 heteroatoms. The molecule has 0 saturated carbocycles. The van der Waals surface area contributed by atoms with E-state index >= 15 is 0 Å². The van der Waals surface area contributed by atoms with Gasteiger partial charge in [0.25, 0.3) is 0 Å². The Balaban J connectivity index is 1.60. The Bertz CT molecular complexity index is 969. The largest absolute Gasteiger partial charge is 0.496 e.